The van der Waals surface area contributed by atoms with E-state index in [0.717, 1.165) is 9.39 Å². The Morgan fingerprint density at radius 3 is 2.39 bits per heavy atom. The van der Waals surface area contributed by atoms with Crippen LogP contribution in [0.3, 0.4) is 0 Å². The second kappa shape index (κ2) is 5.48. The number of halogens is 1. The molecule has 0 spiro atoms. The van der Waals surface area contributed by atoms with Crippen molar-refractivity contribution in [1.29, 1.82) is 0 Å². The Morgan fingerprint density at radius 1 is 1.11 bits per heavy atom. The minimum Gasteiger partial charge on any atom is -0.363 e. The fourth-order valence-corrected chi connectivity index (χ4v) is 1.93. The van der Waals surface area contributed by atoms with Crippen molar-refractivity contribution in [3.05, 3.63) is 57.3 Å². The molecule has 0 bridgehead atoms. The van der Waals surface area contributed by atoms with Crippen molar-refractivity contribution in [2.24, 2.45) is 0 Å². The average Bonchev–Trinajstić information content (AvgIpc) is 2.39. The number of hydrogen-bond acceptors (Lipinski definition) is 3. The molecule has 18 heavy (non-hydrogen) atoms. The van der Waals surface area contributed by atoms with E-state index < -0.39 is 0 Å². The number of ketones is 1. The molecule has 2 rings (SSSR count). The number of benzene rings is 1. The van der Waals surface area contributed by atoms with Crippen LogP contribution >= 0.6 is 22.6 Å². The lowest BCUT2D eigenvalue weighted by Crippen LogP contribution is -2.12. The van der Waals surface area contributed by atoms with E-state index in [2.05, 4.69) is 27.6 Å². The molecular formula is C14H13IN2O. The Morgan fingerprint density at radius 2 is 1.78 bits per heavy atom. The maximum absolute atomic E-state index is 12.3. The minimum atomic E-state index is 0.0249. The van der Waals surface area contributed by atoms with E-state index in [1.54, 1.807) is 18.3 Å². The second-order valence-electron chi connectivity index (χ2n) is 4.13. The van der Waals surface area contributed by atoms with E-state index in [0.29, 0.717) is 11.1 Å². The van der Waals surface area contributed by atoms with Gasteiger partial charge >= 0.3 is 0 Å². The Kier molecular flexibility index (Phi) is 3.96. The molecule has 3 nitrogen and oxygen atoms in total. The van der Waals surface area contributed by atoms with Crippen LogP contribution in [-0.2, 0) is 0 Å². The molecule has 0 N–H and O–H groups in total. The molecule has 4 heteroatoms. The van der Waals surface area contributed by atoms with Crippen LogP contribution in [0.15, 0.2) is 42.6 Å². The number of nitrogens with zero attached hydrogens (tertiary/aromatic N) is 2. The summed E-state index contributed by atoms with van der Waals surface area (Å²) in [6.45, 7) is 0. The summed E-state index contributed by atoms with van der Waals surface area (Å²) in [4.78, 5) is 18.4. The van der Waals surface area contributed by atoms with Gasteiger partial charge in [0.2, 0.25) is 0 Å². The summed E-state index contributed by atoms with van der Waals surface area (Å²) >= 11 is 2.22. The van der Waals surface area contributed by atoms with Gasteiger partial charge in [0, 0.05) is 35.0 Å². The molecule has 0 aliphatic rings. The molecular weight excluding hydrogens is 339 g/mol. The number of aromatic nitrogens is 1. The smallest absolute Gasteiger partial charge is 0.193 e. The summed E-state index contributed by atoms with van der Waals surface area (Å²) in [5.74, 6) is 0.809. The number of carbonyl (C=O) groups excluding carboxylic acids is 1. The van der Waals surface area contributed by atoms with E-state index in [9.17, 15) is 4.79 Å². The van der Waals surface area contributed by atoms with Crippen LogP contribution < -0.4 is 4.90 Å². The molecule has 0 amide bonds. The second-order valence-corrected chi connectivity index (χ2v) is 5.38. The first-order chi connectivity index (χ1) is 8.58. The van der Waals surface area contributed by atoms with Crippen LogP contribution in [0.4, 0.5) is 5.82 Å². The largest absolute Gasteiger partial charge is 0.363 e. The first kappa shape index (κ1) is 13.0. The van der Waals surface area contributed by atoms with Gasteiger partial charge in [-0.15, -0.1) is 0 Å². The predicted octanol–water partition coefficient (Wildman–Crippen LogP) is 2.98. The third-order valence-electron chi connectivity index (χ3n) is 2.57. The van der Waals surface area contributed by atoms with Crippen molar-refractivity contribution in [3.63, 3.8) is 0 Å². The summed E-state index contributed by atoms with van der Waals surface area (Å²) < 4.78 is 1.12. The third-order valence-corrected chi connectivity index (χ3v) is 3.29. The molecule has 0 radical (unpaired) electrons. The Balaban J connectivity index is 2.34. The van der Waals surface area contributed by atoms with Crippen LogP contribution in [-0.4, -0.2) is 24.9 Å². The van der Waals surface area contributed by atoms with Gasteiger partial charge in [0.25, 0.3) is 0 Å². The lowest BCUT2D eigenvalue weighted by Gasteiger charge is -2.11. The molecule has 1 aromatic heterocycles. The zero-order chi connectivity index (χ0) is 13.1. The molecule has 0 aliphatic carbocycles. The van der Waals surface area contributed by atoms with E-state index in [1.165, 1.54) is 0 Å². The molecule has 0 saturated heterocycles. The van der Waals surface area contributed by atoms with Gasteiger partial charge in [0.15, 0.2) is 5.78 Å². The molecule has 0 saturated carbocycles. The fraction of sp³-hybridized carbons (Fsp3) is 0.143. The molecule has 92 valence electrons. The Bertz CT molecular complexity index is 564. The number of hydrogen-bond donors (Lipinski definition) is 0. The summed E-state index contributed by atoms with van der Waals surface area (Å²) in [5, 5.41) is 0. The number of anilines is 1. The summed E-state index contributed by atoms with van der Waals surface area (Å²) in [7, 11) is 3.81. The van der Waals surface area contributed by atoms with Crippen molar-refractivity contribution < 1.29 is 4.79 Å². The fourth-order valence-electron chi connectivity index (χ4n) is 1.57. The predicted molar refractivity (Wildman–Crippen MR) is 81.2 cm³/mol. The average molecular weight is 352 g/mol. The highest BCUT2D eigenvalue weighted by Crippen LogP contribution is 2.15. The first-order valence-electron chi connectivity index (χ1n) is 5.51. The molecule has 2 aromatic rings. The molecule has 0 atom stereocenters. The Labute approximate surface area is 120 Å². The lowest BCUT2D eigenvalue weighted by atomic mass is 10.0. The zero-order valence-electron chi connectivity index (χ0n) is 10.2. The monoisotopic (exact) mass is 352 g/mol. The van der Waals surface area contributed by atoms with Crippen LogP contribution in [0.1, 0.15) is 15.9 Å². The van der Waals surface area contributed by atoms with Gasteiger partial charge < -0.3 is 4.90 Å². The van der Waals surface area contributed by atoms with Gasteiger partial charge in [-0.1, -0.05) is 0 Å². The minimum absolute atomic E-state index is 0.0249. The maximum atomic E-state index is 12.3. The van der Waals surface area contributed by atoms with E-state index in [-0.39, 0.29) is 5.78 Å². The highest BCUT2D eigenvalue weighted by molar-refractivity contribution is 14.1. The molecule has 0 aliphatic heterocycles. The molecule has 0 unspecified atom stereocenters. The van der Waals surface area contributed by atoms with E-state index in [4.69, 9.17) is 0 Å². The normalized spacial score (nSPS) is 10.2. The SMILES string of the molecule is CN(C)c1cc(C(=O)c2ccc(I)cc2)ccn1. The lowest BCUT2D eigenvalue weighted by molar-refractivity contribution is 0.103. The first-order valence-corrected chi connectivity index (χ1v) is 6.59. The summed E-state index contributed by atoms with van der Waals surface area (Å²) in [6, 6.07) is 11.1. The number of rotatable bonds is 3. The molecule has 1 heterocycles. The van der Waals surface area contributed by atoms with E-state index in [1.807, 2.05) is 43.3 Å². The van der Waals surface area contributed by atoms with Gasteiger partial charge in [0.05, 0.1) is 0 Å². The van der Waals surface area contributed by atoms with E-state index >= 15 is 0 Å². The van der Waals surface area contributed by atoms with Crippen molar-refractivity contribution >= 4 is 34.2 Å². The van der Waals surface area contributed by atoms with Gasteiger partial charge in [-0.25, -0.2) is 4.98 Å². The topological polar surface area (TPSA) is 33.2 Å². The molecule has 1 aromatic carbocycles. The quantitative estimate of drug-likeness (QED) is 0.629. The zero-order valence-corrected chi connectivity index (χ0v) is 12.4. The highest BCUT2D eigenvalue weighted by Gasteiger charge is 2.10. The highest BCUT2D eigenvalue weighted by atomic mass is 127. The van der Waals surface area contributed by atoms with Crippen molar-refractivity contribution in [1.82, 2.24) is 4.98 Å². The van der Waals surface area contributed by atoms with Gasteiger partial charge in [0.1, 0.15) is 5.82 Å². The summed E-state index contributed by atoms with van der Waals surface area (Å²) in [6.07, 6.45) is 1.66. The van der Waals surface area contributed by atoms with Gasteiger partial charge in [-0.05, 0) is 59.0 Å². The van der Waals surface area contributed by atoms with Crippen molar-refractivity contribution in [3.8, 4) is 0 Å². The molecule has 0 fully saturated rings. The number of pyridine rings is 1. The van der Waals surface area contributed by atoms with Crippen molar-refractivity contribution in [2.75, 3.05) is 19.0 Å². The van der Waals surface area contributed by atoms with Crippen LogP contribution in [0.5, 0.6) is 0 Å². The summed E-state index contributed by atoms with van der Waals surface area (Å²) in [5.41, 5.74) is 1.36. The van der Waals surface area contributed by atoms with Crippen LogP contribution in [0.2, 0.25) is 0 Å². The van der Waals surface area contributed by atoms with Crippen LogP contribution in [0, 0.1) is 3.57 Å². The van der Waals surface area contributed by atoms with Gasteiger partial charge in [-0.3, -0.25) is 4.79 Å². The number of carbonyl (C=O) groups is 1. The standard InChI is InChI=1S/C14H13IN2O/c1-17(2)13-9-11(7-8-16-13)14(18)10-3-5-12(15)6-4-10/h3-9H,1-2H3. The third kappa shape index (κ3) is 2.87. The van der Waals surface area contributed by atoms with Gasteiger partial charge in [-0.2, -0.15) is 0 Å². The van der Waals surface area contributed by atoms with Crippen LogP contribution in [0.25, 0.3) is 0 Å². The van der Waals surface area contributed by atoms with Crippen molar-refractivity contribution in [2.45, 2.75) is 0 Å². The Hall–Kier alpha value is -1.43. The maximum Gasteiger partial charge on any atom is 0.193 e.